The summed E-state index contributed by atoms with van der Waals surface area (Å²) in [4.78, 5) is 19.4. The predicted molar refractivity (Wildman–Crippen MR) is 129 cm³/mol. The molecule has 1 amide bonds. The number of thioether (sulfide) groups is 1. The topological polar surface area (TPSA) is 62.1 Å². The Morgan fingerprint density at radius 1 is 1.24 bits per heavy atom. The zero-order valence-electron chi connectivity index (χ0n) is 18.5. The highest BCUT2D eigenvalue weighted by atomic mass is 32.2. The largest absolute Gasteiger partial charge is 0.361 e. The van der Waals surface area contributed by atoms with Gasteiger partial charge >= 0.3 is 0 Å². The fourth-order valence-electron chi connectivity index (χ4n) is 4.26. The number of fused-ring (bicyclic) bond motifs is 1. The number of nitrogens with zero attached hydrogens (tertiary/aromatic N) is 2. The van der Waals surface area contributed by atoms with Crippen molar-refractivity contribution in [2.45, 2.75) is 30.9 Å². The lowest BCUT2D eigenvalue weighted by molar-refractivity contribution is 0.0769. The third-order valence-electron chi connectivity index (χ3n) is 6.16. The van der Waals surface area contributed by atoms with Crippen LogP contribution >= 0.6 is 11.8 Å². The van der Waals surface area contributed by atoms with Crippen molar-refractivity contribution in [1.29, 1.82) is 0 Å². The molecule has 0 spiro atoms. The van der Waals surface area contributed by atoms with E-state index in [1.807, 2.05) is 49.2 Å². The van der Waals surface area contributed by atoms with E-state index in [0.29, 0.717) is 24.4 Å². The lowest BCUT2D eigenvalue weighted by atomic mass is 9.98. The van der Waals surface area contributed by atoms with Crippen molar-refractivity contribution in [3.63, 3.8) is 0 Å². The van der Waals surface area contributed by atoms with Crippen LogP contribution in [0.15, 0.2) is 64.2 Å². The van der Waals surface area contributed by atoms with Crippen molar-refractivity contribution >= 4 is 34.1 Å². The molecule has 4 aromatic rings. The number of hydrogen-bond acceptors (Lipinski definition) is 4. The Labute approximate surface area is 195 Å². The first-order valence-corrected chi connectivity index (χ1v) is 11.9. The Hall–Kier alpha value is -3.32. The average Bonchev–Trinajstić information content (AvgIpc) is 3.39. The van der Waals surface area contributed by atoms with Gasteiger partial charge in [-0.05, 0) is 56.2 Å². The predicted octanol–water partition coefficient (Wildman–Crippen LogP) is 6.13. The number of hydrogen-bond donors (Lipinski definition) is 1. The van der Waals surface area contributed by atoms with Crippen molar-refractivity contribution < 1.29 is 13.7 Å². The smallest absolute Gasteiger partial charge is 0.255 e. The number of nitrogens with one attached hydrogen (secondary N) is 1. The van der Waals surface area contributed by atoms with Crippen molar-refractivity contribution in [1.82, 2.24) is 15.0 Å². The summed E-state index contributed by atoms with van der Waals surface area (Å²) >= 11 is 1.63. The summed E-state index contributed by atoms with van der Waals surface area (Å²) in [5.74, 6) is 1.30. The van der Waals surface area contributed by atoms with E-state index in [1.165, 1.54) is 17.7 Å². The highest BCUT2D eigenvalue weighted by Gasteiger charge is 2.23. The summed E-state index contributed by atoms with van der Waals surface area (Å²) in [6.45, 7) is 5.03. The van der Waals surface area contributed by atoms with Gasteiger partial charge in [0, 0.05) is 52.0 Å². The minimum absolute atomic E-state index is 0.0353. The number of aryl methyl sites for hydroxylation is 2. The van der Waals surface area contributed by atoms with Gasteiger partial charge in [0.25, 0.3) is 5.91 Å². The molecular weight excluding hydrogens is 437 g/mol. The van der Waals surface area contributed by atoms with Crippen molar-refractivity contribution in [2.75, 3.05) is 13.1 Å². The molecule has 33 heavy (non-hydrogen) atoms. The second-order valence-electron chi connectivity index (χ2n) is 8.21. The molecular formula is C26H24FN3O2S. The molecule has 5 rings (SSSR count). The first-order chi connectivity index (χ1) is 16.0. The Bertz CT molecular complexity index is 1350. The molecule has 1 aliphatic heterocycles. The molecule has 0 aliphatic carbocycles. The van der Waals surface area contributed by atoms with Gasteiger partial charge in [-0.2, -0.15) is 0 Å². The molecule has 3 heterocycles. The number of aromatic nitrogens is 2. The summed E-state index contributed by atoms with van der Waals surface area (Å²) in [5, 5.41) is 5.02. The highest BCUT2D eigenvalue weighted by molar-refractivity contribution is 7.98. The minimum atomic E-state index is -0.254. The standard InChI is InChI=1S/C26H24FN3O2S/c1-16-23(17(2)32-29-16)15-33-25-6-4-3-5-21(25)26(31)30-11-9-18(10-12-30)22-14-28-24-13-19(27)7-8-20(22)24/h3-9,13-14,28H,10-12,15H2,1-2H3. The second-order valence-corrected chi connectivity index (χ2v) is 9.23. The molecule has 0 saturated heterocycles. The van der Waals surface area contributed by atoms with Crippen LogP contribution in [0.3, 0.4) is 0 Å². The third-order valence-corrected chi connectivity index (χ3v) is 7.26. The average molecular weight is 462 g/mol. The van der Waals surface area contributed by atoms with Crippen LogP contribution in [0.1, 0.15) is 39.4 Å². The SMILES string of the molecule is Cc1noc(C)c1CSc1ccccc1C(=O)N1CC=C(c2c[nH]c3cc(F)ccc23)CC1. The molecule has 0 radical (unpaired) electrons. The zero-order chi connectivity index (χ0) is 22.9. The molecule has 0 fully saturated rings. The number of rotatable bonds is 5. The number of halogens is 1. The third kappa shape index (κ3) is 4.20. The van der Waals surface area contributed by atoms with Gasteiger partial charge in [-0.15, -0.1) is 11.8 Å². The first-order valence-electron chi connectivity index (χ1n) is 10.9. The number of carbonyl (C=O) groups excluding carboxylic acids is 1. The number of H-pyrrole nitrogens is 1. The lowest BCUT2D eigenvalue weighted by Gasteiger charge is -2.27. The first kappa shape index (κ1) is 21.5. The fraction of sp³-hybridized carbons (Fsp3) is 0.231. The van der Waals surface area contributed by atoms with Gasteiger partial charge in [0.05, 0.1) is 11.3 Å². The molecule has 1 N–H and O–H groups in total. The molecule has 0 atom stereocenters. The molecule has 5 nitrogen and oxygen atoms in total. The van der Waals surface area contributed by atoms with Gasteiger partial charge in [0.2, 0.25) is 0 Å². The van der Waals surface area contributed by atoms with E-state index in [0.717, 1.165) is 44.8 Å². The fourth-order valence-corrected chi connectivity index (χ4v) is 5.46. The maximum absolute atomic E-state index is 13.5. The van der Waals surface area contributed by atoms with Crippen molar-refractivity contribution in [3.8, 4) is 0 Å². The monoisotopic (exact) mass is 461 g/mol. The van der Waals surface area contributed by atoms with Crippen LogP contribution in [-0.4, -0.2) is 34.0 Å². The lowest BCUT2D eigenvalue weighted by Crippen LogP contribution is -2.34. The van der Waals surface area contributed by atoms with Gasteiger partial charge in [-0.3, -0.25) is 4.79 Å². The van der Waals surface area contributed by atoms with E-state index in [1.54, 1.807) is 17.8 Å². The Morgan fingerprint density at radius 3 is 2.85 bits per heavy atom. The summed E-state index contributed by atoms with van der Waals surface area (Å²) in [6, 6.07) is 12.6. The summed E-state index contributed by atoms with van der Waals surface area (Å²) in [7, 11) is 0. The van der Waals surface area contributed by atoms with Gasteiger partial charge in [0.1, 0.15) is 11.6 Å². The van der Waals surface area contributed by atoms with Crippen molar-refractivity contribution in [3.05, 3.63) is 88.7 Å². The van der Waals surface area contributed by atoms with E-state index < -0.39 is 0 Å². The minimum Gasteiger partial charge on any atom is -0.361 e. The van der Waals surface area contributed by atoms with Crippen LogP contribution in [0, 0.1) is 19.7 Å². The molecule has 7 heteroatoms. The molecule has 0 saturated carbocycles. The van der Waals surface area contributed by atoms with Gasteiger partial charge in [-0.1, -0.05) is 23.4 Å². The molecule has 2 aromatic heterocycles. The number of benzene rings is 2. The Kier molecular flexibility index (Phi) is 5.81. The summed E-state index contributed by atoms with van der Waals surface area (Å²) < 4.78 is 18.8. The molecule has 2 aromatic carbocycles. The Balaban J connectivity index is 1.32. The van der Waals surface area contributed by atoms with E-state index in [9.17, 15) is 9.18 Å². The van der Waals surface area contributed by atoms with Crippen LogP contribution < -0.4 is 0 Å². The van der Waals surface area contributed by atoms with Gasteiger partial charge < -0.3 is 14.4 Å². The number of amides is 1. The van der Waals surface area contributed by atoms with Crippen LogP contribution in [0.5, 0.6) is 0 Å². The van der Waals surface area contributed by atoms with E-state index >= 15 is 0 Å². The van der Waals surface area contributed by atoms with Crippen LogP contribution in [0.2, 0.25) is 0 Å². The maximum atomic E-state index is 13.5. The van der Waals surface area contributed by atoms with Crippen LogP contribution in [0.25, 0.3) is 16.5 Å². The maximum Gasteiger partial charge on any atom is 0.255 e. The second kappa shape index (κ2) is 8.90. The number of aromatic amines is 1. The van der Waals surface area contributed by atoms with E-state index in [2.05, 4.69) is 16.2 Å². The highest BCUT2D eigenvalue weighted by Crippen LogP contribution is 2.32. The van der Waals surface area contributed by atoms with Crippen molar-refractivity contribution in [2.24, 2.45) is 0 Å². The Morgan fingerprint density at radius 2 is 2.09 bits per heavy atom. The van der Waals surface area contributed by atoms with Crippen LogP contribution in [-0.2, 0) is 5.75 Å². The van der Waals surface area contributed by atoms with Crippen LogP contribution in [0.4, 0.5) is 4.39 Å². The molecule has 0 unspecified atom stereocenters. The van der Waals surface area contributed by atoms with E-state index in [-0.39, 0.29) is 11.7 Å². The van der Waals surface area contributed by atoms with Gasteiger partial charge in [-0.25, -0.2) is 4.39 Å². The van der Waals surface area contributed by atoms with Gasteiger partial charge in [0.15, 0.2) is 0 Å². The normalized spacial score (nSPS) is 14.0. The van der Waals surface area contributed by atoms with E-state index in [4.69, 9.17) is 4.52 Å². The molecule has 0 bridgehead atoms. The molecule has 168 valence electrons. The zero-order valence-corrected chi connectivity index (χ0v) is 19.3. The summed E-state index contributed by atoms with van der Waals surface area (Å²) in [5.41, 5.74) is 5.72. The number of carbonyl (C=O) groups is 1. The summed E-state index contributed by atoms with van der Waals surface area (Å²) in [6.07, 6.45) is 4.78. The molecule has 1 aliphatic rings. The quantitative estimate of drug-likeness (QED) is 0.363.